The molecule has 23 heavy (non-hydrogen) atoms. The quantitative estimate of drug-likeness (QED) is 0.945. The van der Waals surface area contributed by atoms with E-state index in [1.807, 2.05) is 31.0 Å². The van der Waals surface area contributed by atoms with Gasteiger partial charge in [-0.1, -0.05) is 30.3 Å². The number of aryl methyl sites for hydroxylation is 2. The lowest BCUT2D eigenvalue weighted by molar-refractivity contribution is 0.162. The van der Waals surface area contributed by atoms with Crippen LogP contribution in [0.3, 0.4) is 0 Å². The highest BCUT2D eigenvalue weighted by molar-refractivity contribution is 5.88. The van der Waals surface area contributed by atoms with Crippen LogP contribution in [0, 0.1) is 6.92 Å². The van der Waals surface area contributed by atoms with Crippen molar-refractivity contribution in [3.05, 3.63) is 47.7 Å². The highest BCUT2D eigenvalue weighted by Crippen LogP contribution is 2.22. The summed E-state index contributed by atoms with van der Waals surface area (Å²) in [4.78, 5) is 14.7. The molecule has 1 aromatic carbocycles. The number of likely N-dealkylation sites (tertiary alicyclic amines) is 1. The summed E-state index contributed by atoms with van der Waals surface area (Å²) in [6, 6.07) is 12.6. The molecular weight excluding hydrogens is 288 g/mol. The molecule has 5 nitrogen and oxygen atoms in total. The fourth-order valence-corrected chi connectivity index (χ4v) is 3.28. The molecule has 1 atom stereocenters. The average Bonchev–Trinajstić information content (AvgIpc) is 2.86. The first-order valence-corrected chi connectivity index (χ1v) is 8.25. The standard InChI is InChI=1S/C18H24N4O/c1-14-12-17(21(2)20-14)19-18(23)22-11-7-6-10-16(22)13-15-8-4-3-5-9-15/h3-5,8-9,12,16H,6-7,10-11,13H2,1-2H3,(H,19,23)/t16-/m1/s1. The van der Waals surface area contributed by atoms with E-state index in [9.17, 15) is 4.79 Å². The molecule has 3 rings (SSSR count). The van der Waals surface area contributed by atoms with Crippen molar-refractivity contribution < 1.29 is 4.79 Å². The van der Waals surface area contributed by atoms with Crippen LogP contribution in [0.15, 0.2) is 36.4 Å². The molecule has 122 valence electrons. The van der Waals surface area contributed by atoms with Crippen molar-refractivity contribution in [1.82, 2.24) is 14.7 Å². The van der Waals surface area contributed by atoms with Crippen LogP contribution in [0.25, 0.3) is 0 Å². The first-order valence-electron chi connectivity index (χ1n) is 8.25. The summed E-state index contributed by atoms with van der Waals surface area (Å²) in [5.74, 6) is 0.747. The molecule has 1 saturated heterocycles. The van der Waals surface area contributed by atoms with Crippen LogP contribution in [0.1, 0.15) is 30.5 Å². The van der Waals surface area contributed by atoms with Crippen molar-refractivity contribution in [2.45, 2.75) is 38.6 Å². The predicted molar refractivity (Wildman–Crippen MR) is 91.5 cm³/mol. The van der Waals surface area contributed by atoms with Crippen LogP contribution >= 0.6 is 0 Å². The number of nitrogens with zero attached hydrogens (tertiary/aromatic N) is 3. The van der Waals surface area contributed by atoms with Crippen LogP contribution < -0.4 is 5.32 Å². The number of piperidine rings is 1. The van der Waals surface area contributed by atoms with Gasteiger partial charge < -0.3 is 4.90 Å². The maximum Gasteiger partial charge on any atom is 0.323 e. The Labute approximate surface area is 137 Å². The van der Waals surface area contributed by atoms with Gasteiger partial charge in [-0.2, -0.15) is 5.10 Å². The van der Waals surface area contributed by atoms with Gasteiger partial charge in [0.1, 0.15) is 5.82 Å². The molecule has 0 radical (unpaired) electrons. The topological polar surface area (TPSA) is 50.2 Å². The third-order valence-corrected chi connectivity index (χ3v) is 4.44. The molecule has 1 aliphatic rings. The van der Waals surface area contributed by atoms with Crippen molar-refractivity contribution in [2.24, 2.45) is 7.05 Å². The zero-order valence-corrected chi connectivity index (χ0v) is 13.8. The van der Waals surface area contributed by atoms with E-state index in [0.717, 1.165) is 37.3 Å². The first kappa shape index (κ1) is 15.6. The Hall–Kier alpha value is -2.30. The predicted octanol–water partition coefficient (Wildman–Crippen LogP) is 3.36. The Morgan fingerprint density at radius 3 is 2.78 bits per heavy atom. The number of carbonyl (C=O) groups excluding carboxylic acids is 1. The molecule has 1 N–H and O–H groups in total. The van der Waals surface area contributed by atoms with Crippen molar-refractivity contribution in [3.63, 3.8) is 0 Å². The molecule has 1 aliphatic heterocycles. The van der Waals surface area contributed by atoms with Crippen LogP contribution in [0.2, 0.25) is 0 Å². The van der Waals surface area contributed by atoms with E-state index < -0.39 is 0 Å². The molecule has 1 fully saturated rings. The normalized spacial score (nSPS) is 18.0. The summed E-state index contributed by atoms with van der Waals surface area (Å²) in [6.07, 6.45) is 4.24. The molecular formula is C18H24N4O. The maximum atomic E-state index is 12.7. The smallest absolute Gasteiger partial charge is 0.321 e. The van der Waals surface area contributed by atoms with Gasteiger partial charge in [0.15, 0.2) is 0 Å². The number of urea groups is 1. The fraction of sp³-hybridized carbons (Fsp3) is 0.444. The van der Waals surface area contributed by atoms with Gasteiger partial charge in [0, 0.05) is 25.7 Å². The zero-order chi connectivity index (χ0) is 16.2. The van der Waals surface area contributed by atoms with E-state index in [1.165, 1.54) is 12.0 Å². The summed E-state index contributed by atoms with van der Waals surface area (Å²) in [5.41, 5.74) is 2.19. The Kier molecular flexibility index (Phi) is 4.65. The number of aromatic nitrogens is 2. The summed E-state index contributed by atoms with van der Waals surface area (Å²) in [5, 5.41) is 7.28. The lowest BCUT2D eigenvalue weighted by Gasteiger charge is -2.35. The van der Waals surface area contributed by atoms with Crippen LogP contribution in [0.5, 0.6) is 0 Å². The molecule has 0 unspecified atom stereocenters. The van der Waals surface area contributed by atoms with Crippen molar-refractivity contribution in [3.8, 4) is 0 Å². The second kappa shape index (κ2) is 6.86. The Balaban J connectivity index is 1.70. The van der Waals surface area contributed by atoms with E-state index in [4.69, 9.17) is 0 Å². The Bertz CT molecular complexity index is 665. The van der Waals surface area contributed by atoms with Gasteiger partial charge in [-0.15, -0.1) is 0 Å². The minimum Gasteiger partial charge on any atom is -0.321 e. The highest BCUT2D eigenvalue weighted by atomic mass is 16.2. The zero-order valence-electron chi connectivity index (χ0n) is 13.8. The molecule has 5 heteroatoms. The van der Waals surface area contributed by atoms with Crippen LogP contribution in [-0.2, 0) is 13.5 Å². The minimum atomic E-state index is -0.0198. The molecule has 0 saturated carbocycles. The van der Waals surface area contributed by atoms with E-state index in [2.05, 4.69) is 34.7 Å². The molecule has 1 aromatic heterocycles. The van der Waals surface area contributed by atoms with Crippen molar-refractivity contribution in [1.29, 1.82) is 0 Å². The molecule has 0 spiro atoms. The second-order valence-corrected chi connectivity index (χ2v) is 6.26. The second-order valence-electron chi connectivity index (χ2n) is 6.26. The monoisotopic (exact) mass is 312 g/mol. The number of rotatable bonds is 3. The van der Waals surface area contributed by atoms with Gasteiger partial charge in [-0.25, -0.2) is 4.79 Å². The number of anilines is 1. The Morgan fingerprint density at radius 1 is 1.30 bits per heavy atom. The molecule has 2 aromatic rings. The highest BCUT2D eigenvalue weighted by Gasteiger charge is 2.27. The minimum absolute atomic E-state index is 0.0198. The number of hydrogen-bond acceptors (Lipinski definition) is 2. The van der Waals surface area contributed by atoms with Gasteiger partial charge in [0.2, 0.25) is 0 Å². The van der Waals surface area contributed by atoms with Crippen molar-refractivity contribution in [2.75, 3.05) is 11.9 Å². The summed E-state index contributed by atoms with van der Waals surface area (Å²) < 4.78 is 1.71. The third-order valence-electron chi connectivity index (χ3n) is 4.44. The molecule has 0 aliphatic carbocycles. The number of benzene rings is 1. The summed E-state index contributed by atoms with van der Waals surface area (Å²) >= 11 is 0. The number of nitrogens with one attached hydrogen (secondary N) is 1. The van der Waals surface area contributed by atoms with Gasteiger partial charge in [-0.3, -0.25) is 10.00 Å². The van der Waals surface area contributed by atoms with E-state index in [-0.39, 0.29) is 12.1 Å². The van der Waals surface area contributed by atoms with Crippen LogP contribution in [0.4, 0.5) is 10.6 Å². The first-order chi connectivity index (χ1) is 11.1. The van der Waals surface area contributed by atoms with Gasteiger partial charge in [-0.05, 0) is 38.2 Å². The van der Waals surface area contributed by atoms with Gasteiger partial charge in [0.25, 0.3) is 0 Å². The lowest BCUT2D eigenvalue weighted by Crippen LogP contribution is -2.47. The fourth-order valence-electron chi connectivity index (χ4n) is 3.28. The largest absolute Gasteiger partial charge is 0.323 e. The Morgan fingerprint density at radius 2 is 2.09 bits per heavy atom. The van der Waals surface area contributed by atoms with Gasteiger partial charge >= 0.3 is 6.03 Å². The molecule has 2 heterocycles. The third kappa shape index (κ3) is 3.73. The number of amides is 2. The average molecular weight is 312 g/mol. The van der Waals surface area contributed by atoms with Crippen molar-refractivity contribution >= 4 is 11.8 Å². The SMILES string of the molecule is Cc1cc(NC(=O)N2CCCC[C@@H]2Cc2ccccc2)n(C)n1. The summed E-state index contributed by atoms with van der Waals surface area (Å²) in [7, 11) is 1.85. The maximum absolute atomic E-state index is 12.7. The van der Waals surface area contributed by atoms with Crippen LogP contribution in [-0.4, -0.2) is 33.3 Å². The van der Waals surface area contributed by atoms with Gasteiger partial charge in [0.05, 0.1) is 5.69 Å². The molecule has 2 amide bonds. The van der Waals surface area contributed by atoms with E-state index in [0.29, 0.717) is 0 Å². The lowest BCUT2D eigenvalue weighted by atomic mass is 9.96. The molecule has 0 bridgehead atoms. The summed E-state index contributed by atoms with van der Waals surface area (Å²) in [6.45, 7) is 2.74. The van der Waals surface area contributed by atoms with E-state index in [1.54, 1.807) is 4.68 Å². The van der Waals surface area contributed by atoms with E-state index >= 15 is 0 Å². The number of hydrogen-bond donors (Lipinski definition) is 1. The number of carbonyl (C=O) groups is 1.